The third-order valence-corrected chi connectivity index (χ3v) is 1.36. The van der Waals surface area contributed by atoms with Gasteiger partial charge in [-0.25, -0.2) is 0 Å². The fraction of sp³-hybridized carbons (Fsp3) is 0.800. The molecule has 0 spiro atoms. The van der Waals surface area contributed by atoms with E-state index in [2.05, 4.69) is 5.32 Å². The van der Waals surface area contributed by atoms with E-state index in [9.17, 15) is 4.79 Å². The van der Waals surface area contributed by atoms with E-state index in [1.54, 1.807) is 0 Å². The van der Waals surface area contributed by atoms with Gasteiger partial charge >= 0.3 is 49.5 Å². The standard InChI is InChI=1S/C5H9NO2.Al.Zr/c7-5(8)4-2-1-3-6-4;;/h4,6H,1-3H2,(H,7,8);;/q;+3;+2. The topological polar surface area (TPSA) is 49.3 Å². The van der Waals surface area contributed by atoms with Gasteiger partial charge in [0.25, 0.3) is 0 Å². The summed E-state index contributed by atoms with van der Waals surface area (Å²) in [5.41, 5.74) is 0. The van der Waals surface area contributed by atoms with Gasteiger partial charge in [0.15, 0.2) is 0 Å². The first-order valence-electron chi connectivity index (χ1n) is 2.77. The monoisotopic (exact) mass is 232 g/mol. The zero-order valence-corrected chi connectivity index (χ0v) is 9.24. The molecule has 1 atom stereocenters. The first-order chi connectivity index (χ1) is 3.80. The van der Waals surface area contributed by atoms with Crippen LogP contribution >= 0.6 is 0 Å². The van der Waals surface area contributed by atoms with Crippen molar-refractivity contribution in [2.45, 2.75) is 18.9 Å². The van der Waals surface area contributed by atoms with Crippen LogP contribution in [0, 0.1) is 0 Å². The fourth-order valence-electron chi connectivity index (χ4n) is 0.895. The van der Waals surface area contributed by atoms with E-state index in [0.29, 0.717) is 0 Å². The van der Waals surface area contributed by atoms with E-state index in [4.69, 9.17) is 5.11 Å². The van der Waals surface area contributed by atoms with Crippen molar-refractivity contribution in [2.24, 2.45) is 0 Å². The van der Waals surface area contributed by atoms with Crippen LogP contribution in [0.1, 0.15) is 12.8 Å². The van der Waals surface area contributed by atoms with Crippen molar-refractivity contribution in [3.8, 4) is 0 Å². The van der Waals surface area contributed by atoms with Gasteiger partial charge in [0.1, 0.15) is 6.04 Å². The maximum Gasteiger partial charge on any atom is 3.00 e. The van der Waals surface area contributed by atoms with Crippen LogP contribution in [-0.4, -0.2) is 41.0 Å². The van der Waals surface area contributed by atoms with Crippen LogP contribution in [0.15, 0.2) is 0 Å². The molecule has 1 unspecified atom stereocenters. The number of hydrogen-bond donors (Lipinski definition) is 2. The Balaban J connectivity index is 0. The smallest absolute Gasteiger partial charge is 0.480 e. The molecule has 3 nitrogen and oxygen atoms in total. The predicted molar refractivity (Wildman–Crippen MR) is 34.4 cm³/mol. The molecule has 1 aliphatic rings. The molecule has 1 saturated heterocycles. The van der Waals surface area contributed by atoms with Gasteiger partial charge in [0.05, 0.1) is 0 Å². The van der Waals surface area contributed by atoms with Crippen molar-refractivity contribution in [3.63, 3.8) is 0 Å². The normalized spacial score (nSPS) is 22.6. The van der Waals surface area contributed by atoms with Crippen molar-refractivity contribution in [1.82, 2.24) is 5.32 Å². The van der Waals surface area contributed by atoms with E-state index in [1.165, 1.54) is 0 Å². The quantitative estimate of drug-likeness (QED) is 0.597. The van der Waals surface area contributed by atoms with Gasteiger partial charge in [-0.05, 0) is 19.4 Å². The fourth-order valence-corrected chi connectivity index (χ4v) is 0.895. The zero-order chi connectivity index (χ0) is 5.98. The molecule has 10 heavy (non-hydrogen) atoms. The van der Waals surface area contributed by atoms with Crippen LogP contribution in [0.5, 0.6) is 0 Å². The number of rotatable bonds is 1. The minimum Gasteiger partial charge on any atom is -0.480 e. The van der Waals surface area contributed by atoms with E-state index < -0.39 is 5.97 Å². The molecule has 0 radical (unpaired) electrons. The SMILES string of the molecule is O=C(O)C1CCCN1.[Al+3].[Zr+2]. The summed E-state index contributed by atoms with van der Waals surface area (Å²) in [4.78, 5) is 10.1. The molecule has 0 amide bonds. The Morgan fingerprint density at radius 1 is 1.60 bits per heavy atom. The number of hydrogen-bond acceptors (Lipinski definition) is 2. The van der Waals surface area contributed by atoms with Crippen LogP contribution in [-0.2, 0) is 31.0 Å². The Kier molecular flexibility index (Phi) is 8.80. The molecule has 5 heteroatoms. The third-order valence-electron chi connectivity index (χ3n) is 1.36. The molecule has 0 bridgehead atoms. The van der Waals surface area contributed by atoms with Crippen LogP contribution in [0.2, 0.25) is 0 Å². The number of carbonyl (C=O) groups is 1. The summed E-state index contributed by atoms with van der Waals surface area (Å²) in [5, 5.41) is 11.2. The van der Waals surface area contributed by atoms with Crippen LogP contribution in [0.3, 0.4) is 0 Å². The molecule has 1 fully saturated rings. The summed E-state index contributed by atoms with van der Waals surface area (Å²) in [6, 6.07) is -0.269. The van der Waals surface area contributed by atoms with E-state index in [0.717, 1.165) is 19.4 Å². The molecule has 0 aromatic heterocycles. The van der Waals surface area contributed by atoms with Crippen molar-refractivity contribution < 1.29 is 36.1 Å². The summed E-state index contributed by atoms with van der Waals surface area (Å²) in [7, 11) is 0. The summed E-state index contributed by atoms with van der Waals surface area (Å²) < 4.78 is 0. The number of nitrogens with one attached hydrogen (secondary N) is 1. The van der Waals surface area contributed by atoms with Gasteiger partial charge in [-0.15, -0.1) is 0 Å². The maximum atomic E-state index is 10.1. The summed E-state index contributed by atoms with van der Waals surface area (Å²) in [6.07, 6.45) is 1.78. The summed E-state index contributed by atoms with van der Waals surface area (Å²) in [5.74, 6) is -0.720. The van der Waals surface area contributed by atoms with Crippen LogP contribution in [0.4, 0.5) is 0 Å². The molecule has 2 N–H and O–H groups in total. The van der Waals surface area contributed by atoms with Crippen LogP contribution in [0.25, 0.3) is 0 Å². The molecule has 1 rings (SSSR count). The predicted octanol–water partition coefficient (Wildman–Crippen LogP) is -0.560. The third kappa shape index (κ3) is 3.88. The molecular formula is C5H9AlNO2Zr+5. The number of carboxylic acids is 1. The summed E-state index contributed by atoms with van der Waals surface area (Å²) >= 11 is 0. The first kappa shape index (κ1) is 13.4. The van der Waals surface area contributed by atoms with E-state index in [-0.39, 0.29) is 49.6 Å². The second-order valence-corrected chi connectivity index (χ2v) is 1.99. The van der Waals surface area contributed by atoms with Crippen molar-refractivity contribution in [1.29, 1.82) is 0 Å². The Morgan fingerprint density at radius 3 is 2.40 bits per heavy atom. The van der Waals surface area contributed by atoms with Crippen LogP contribution < -0.4 is 5.32 Å². The van der Waals surface area contributed by atoms with E-state index >= 15 is 0 Å². The molecule has 48 valence electrons. The number of aliphatic carboxylic acids is 1. The number of carboxylic acid groups (broad SMARTS) is 1. The zero-order valence-electron chi connectivity index (χ0n) is 5.63. The molecule has 0 saturated carbocycles. The van der Waals surface area contributed by atoms with Crippen molar-refractivity contribution in [2.75, 3.05) is 6.54 Å². The first-order valence-corrected chi connectivity index (χ1v) is 2.77. The second-order valence-electron chi connectivity index (χ2n) is 1.99. The Labute approximate surface area is 89.8 Å². The molecule has 0 aliphatic carbocycles. The Hall–Kier alpha value is 0.846. The van der Waals surface area contributed by atoms with Gasteiger partial charge in [0, 0.05) is 0 Å². The molecule has 0 aromatic carbocycles. The molecule has 0 aromatic rings. The minimum absolute atomic E-state index is 0. The average Bonchev–Trinajstić information content (AvgIpc) is 2.12. The van der Waals surface area contributed by atoms with Crippen molar-refractivity contribution in [3.05, 3.63) is 0 Å². The molecule has 1 aliphatic heterocycles. The maximum absolute atomic E-state index is 10.1. The van der Waals surface area contributed by atoms with Gasteiger partial charge < -0.3 is 10.4 Å². The Bertz CT molecular complexity index is 106. The second kappa shape index (κ2) is 6.55. The van der Waals surface area contributed by atoms with Gasteiger partial charge in [-0.3, -0.25) is 4.79 Å². The van der Waals surface area contributed by atoms with Gasteiger partial charge in [-0.1, -0.05) is 0 Å². The van der Waals surface area contributed by atoms with Gasteiger partial charge in [0.2, 0.25) is 0 Å². The minimum atomic E-state index is -0.720. The largest absolute Gasteiger partial charge is 3.00 e. The molecule has 1 heterocycles. The molecular weight excluding hydrogens is 224 g/mol. The van der Waals surface area contributed by atoms with Crippen molar-refractivity contribution >= 4 is 23.3 Å². The van der Waals surface area contributed by atoms with Gasteiger partial charge in [-0.2, -0.15) is 0 Å². The average molecular weight is 233 g/mol. The van der Waals surface area contributed by atoms with E-state index in [1.807, 2.05) is 0 Å². The Morgan fingerprint density at radius 2 is 2.20 bits per heavy atom. The summed E-state index contributed by atoms with van der Waals surface area (Å²) in [6.45, 7) is 0.858.